The molecule has 7 aliphatic rings. The maximum Gasteiger partial charge on any atom is 0.306 e. The van der Waals surface area contributed by atoms with Gasteiger partial charge in [-0.1, -0.05) is 257 Å². The van der Waals surface area contributed by atoms with E-state index in [-0.39, 0.29) is 35.7 Å². The molecule has 0 aromatic carbocycles. The Morgan fingerprint density at radius 2 is 0.885 bits per heavy atom. The third-order valence-electron chi connectivity index (χ3n) is 17.5. The lowest BCUT2D eigenvalue weighted by atomic mass is 9.75. The van der Waals surface area contributed by atoms with Crippen LogP contribution in [-0.4, -0.2) is 73.3 Å². The maximum atomic E-state index is 11.6. The van der Waals surface area contributed by atoms with E-state index in [1.54, 1.807) is 50.7 Å². The predicted octanol–water partition coefficient (Wildman–Crippen LogP) is 23.3. The molecule has 9 heteroatoms. The highest BCUT2D eigenvalue weighted by atomic mass is 16.6. The second kappa shape index (κ2) is 58.6. The van der Waals surface area contributed by atoms with Gasteiger partial charge in [-0.15, -0.1) is 0 Å². The van der Waals surface area contributed by atoms with Gasteiger partial charge in [0.25, 0.3) is 0 Å². The van der Waals surface area contributed by atoms with E-state index in [4.69, 9.17) is 28.4 Å². The SMILES string of the molecule is C1CC2C3CCC(C3)C2C1.C=CC(CC)OC(=O)CCCCCCCCC(=O)OC(C=C)CC.CC.CC.CC(=O)OC(C)(C)C.CC1COC2C(C)COC12.CCC/C=C\CCC.CCCC1CC2OC2CC1CCC.CCCCC.CCCCC. The van der Waals surface area contributed by atoms with Crippen molar-refractivity contribution in [2.75, 3.05) is 13.2 Å². The summed E-state index contributed by atoms with van der Waals surface area (Å²) in [6, 6.07) is 0. The molecule has 3 aliphatic heterocycles. The highest BCUT2D eigenvalue weighted by Crippen LogP contribution is 2.58. The zero-order chi connectivity index (χ0) is 66.4. The molecular formula is C78H150O9. The molecule has 0 amide bonds. The van der Waals surface area contributed by atoms with E-state index in [9.17, 15) is 14.4 Å². The van der Waals surface area contributed by atoms with Gasteiger partial charge >= 0.3 is 17.9 Å². The molecule has 0 spiro atoms. The fraction of sp³-hybridized carbons (Fsp3) is 0.885. The molecule has 3 saturated heterocycles. The summed E-state index contributed by atoms with van der Waals surface area (Å²) in [7, 11) is 0. The van der Waals surface area contributed by atoms with Crippen LogP contribution in [0.15, 0.2) is 37.5 Å². The van der Waals surface area contributed by atoms with Crippen molar-refractivity contribution in [3.05, 3.63) is 37.5 Å². The van der Waals surface area contributed by atoms with Crippen LogP contribution in [0.1, 0.15) is 344 Å². The number of fused-ring (bicyclic) bond motifs is 7. The molecule has 3 heterocycles. The van der Waals surface area contributed by atoms with Crippen LogP contribution >= 0.6 is 0 Å². The first-order valence-electron chi connectivity index (χ1n) is 37.2. The average Bonchev–Trinajstić information content (AvgIpc) is 1.78. The maximum absolute atomic E-state index is 11.6. The summed E-state index contributed by atoms with van der Waals surface area (Å²) in [5.41, 5.74) is -0.328. The van der Waals surface area contributed by atoms with Crippen molar-refractivity contribution in [1.82, 2.24) is 0 Å². The van der Waals surface area contributed by atoms with Gasteiger partial charge < -0.3 is 28.4 Å². The lowest BCUT2D eigenvalue weighted by molar-refractivity contribution is -0.152. The van der Waals surface area contributed by atoms with Gasteiger partial charge in [0.15, 0.2) is 0 Å². The van der Waals surface area contributed by atoms with Crippen LogP contribution < -0.4 is 0 Å². The van der Waals surface area contributed by atoms with Crippen LogP contribution in [0.3, 0.4) is 0 Å². The molecule has 0 aromatic heterocycles. The minimum absolute atomic E-state index is 0.141. The van der Waals surface area contributed by atoms with E-state index in [2.05, 4.69) is 94.5 Å². The molecule has 4 saturated carbocycles. The zero-order valence-electron chi connectivity index (χ0n) is 61.5. The van der Waals surface area contributed by atoms with Gasteiger partial charge in [-0.05, 0) is 140 Å². The third-order valence-corrected chi connectivity index (χ3v) is 17.5. The number of hydrogen-bond acceptors (Lipinski definition) is 9. The summed E-state index contributed by atoms with van der Waals surface area (Å²) in [6.07, 6.45) is 49.1. The van der Waals surface area contributed by atoms with Gasteiger partial charge in [-0.25, -0.2) is 0 Å². The Hall–Kier alpha value is -2.49. The fourth-order valence-electron chi connectivity index (χ4n) is 12.9. The first kappa shape index (κ1) is 88.7. The second-order valence-corrected chi connectivity index (χ2v) is 26.4. The third kappa shape index (κ3) is 44.6. The fourth-order valence-corrected chi connectivity index (χ4v) is 12.9. The molecule has 0 aromatic rings. The molecule has 0 radical (unpaired) electrons. The van der Waals surface area contributed by atoms with Gasteiger partial charge in [-0.2, -0.15) is 0 Å². The Bertz CT molecular complexity index is 1520. The number of ether oxygens (including phenoxy) is 6. The Labute approximate surface area is 542 Å². The lowest BCUT2D eigenvalue weighted by Gasteiger charge is -2.28. The molecule has 14 unspecified atom stereocenters. The van der Waals surface area contributed by atoms with Crippen molar-refractivity contribution in [3.63, 3.8) is 0 Å². The van der Waals surface area contributed by atoms with Crippen LogP contribution in [0.2, 0.25) is 0 Å². The predicted molar refractivity (Wildman–Crippen MR) is 375 cm³/mol. The number of esters is 3. The van der Waals surface area contributed by atoms with E-state index in [1.165, 1.54) is 133 Å². The smallest absolute Gasteiger partial charge is 0.306 e. The Morgan fingerprint density at radius 1 is 0.517 bits per heavy atom. The summed E-state index contributed by atoms with van der Waals surface area (Å²) in [4.78, 5) is 33.4. The summed E-state index contributed by atoms with van der Waals surface area (Å²) in [5, 5.41) is 0. The number of allylic oxidation sites excluding steroid dienone is 2. The van der Waals surface area contributed by atoms with Crippen LogP contribution in [0, 0.1) is 47.3 Å². The van der Waals surface area contributed by atoms with Gasteiger partial charge in [0.1, 0.15) is 17.8 Å². The van der Waals surface area contributed by atoms with Crippen molar-refractivity contribution >= 4 is 17.9 Å². The van der Waals surface area contributed by atoms with Crippen molar-refractivity contribution in [1.29, 1.82) is 0 Å². The van der Waals surface area contributed by atoms with Crippen molar-refractivity contribution in [3.8, 4) is 0 Å². The molecule has 7 rings (SSSR count). The molecular weight excluding hydrogens is 1080 g/mol. The molecule has 0 N–H and O–H groups in total. The molecule has 9 nitrogen and oxygen atoms in total. The number of hydrogen-bond donors (Lipinski definition) is 0. The minimum atomic E-state index is -0.328. The Morgan fingerprint density at radius 3 is 1.16 bits per heavy atom. The average molecular weight is 1230 g/mol. The van der Waals surface area contributed by atoms with E-state index in [1.807, 2.05) is 62.3 Å². The second-order valence-electron chi connectivity index (χ2n) is 26.4. The van der Waals surface area contributed by atoms with Crippen LogP contribution in [-0.2, 0) is 42.8 Å². The van der Waals surface area contributed by atoms with Crippen LogP contribution in [0.25, 0.3) is 0 Å². The van der Waals surface area contributed by atoms with Gasteiger partial charge in [-0.3, -0.25) is 14.4 Å². The molecule has 4 aliphatic carbocycles. The Balaban J connectivity index is -0.000000967. The number of carbonyl (C=O) groups excluding carboxylic acids is 3. The first-order chi connectivity index (χ1) is 41.8. The normalized spacial score (nSPS) is 25.8. The highest BCUT2D eigenvalue weighted by molar-refractivity contribution is 5.70. The summed E-state index contributed by atoms with van der Waals surface area (Å²) >= 11 is 0. The van der Waals surface area contributed by atoms with E-state index in [0.29, 0.717) is 49.1 Å². The molecule has 2 bridgehead atoms. The molecule has 87 heavy (non-hydrogen) atoms. The van der Waals surface area contributed by atoms with E-state index in [0.717, 1.165) is 76.4 Å². The summed E-state index contributed by atoms with van der Waals surface area (Å²) in [5.74, 6) is 7.46. The minimum Gasteiger partial charge on any atom is -0.460 e. The molecule has 14 atom stereocenters. The van der Waals surface area contributed by atoms with E-state index < -0.39 is 0 Å². The summed E-state index contributed by atoms with van der Waals surface area (Å²) < 4.78 is 32.1. The van der Waals surface area contributed by atoms with Crippen LogP contribution in [0.5, 0.6) is 0 Å². The van der Waals surface area contributed by atoms with E-state index >= 15 is 0 Å². The Kier molecular flexibility index (Phi) is 59.7. The van der Waals surface area contributed by atoms with Crippen LogP contribution in [0.4, 0.5) is 0 Å². The lowest BCUT2D eigenvalue weighted by Crippen LogP contribution is -2.24. The zero-order valence-corrected chi connectivity index (χ0v) is 61.5. The van der Waals surface area contributed by atoms with Crippen molar-refractivity contribution in [2.24, 2.45) is 47.3 Å². The summed E-state index contributed by atoms with van der Waals surface area (Å²) in [6.45, 7) is 50.2. The largest absolute Gasteiger partial charge is 0.460 e. The van der Waals surface area contributed by atoms with Gasteiger partial charge in [0.05, 0.1) is 37.6 Å². The van der Waals surface area contributed by atoms with Gasteiger partial charge in [0, 0.05) is 31.6 Å². The number of unbranched alkanes of at least 4 members (excludes halogenated alkanes) is 11. The highest BCUT2D eigenvalue weighted by Gasteiger charge is 2.49. The van der Waals surface area contributed by atoms with Crippen molar-refractivity contribution in [2.45, 2.75) is 386 Å². The standard InChI is InChI=1S/C20H34O4.C12H22O.C10H16.C8H14O2.C8H16.C6H12O2.2C5H12.2C2H6/c1-5-17(6-2)23-19(21)15-13-11-9-10-12-14-16-20(22)24-18(7-3)8-4;1-3-5-9-7-11-12(13-11)8-10(9)6-4-2;1-2-9-7-4-5-8(6-7)10(9)3-1;1-5-3-9-8-6(2)4-10-7(5)8;1-3-5-7-8-6-4-2;1-5(7)8-6(2,3)4;2*1-3-5-4-2;2*1-2/h5,7,17-18H,1,3,6,8-16H2,2,4H3;9-12H,3-8H2,1-2H3;7-10H,1-6H2;5-8H,3-4H2,1-2H3;7-8H,3-6H2,1-2H3;1-4H3;2*3-5H2,1-2H3;2*1-2H3/b;;;;8-7-;;;;;. The number of epoxide rings is 1. The molecule has 7 fully saturated rings. The quantitative estimate of drug-likeness (QED) is 0.0261. The van der Waals surface area contributed by atoms with Crippen molar-refractivity contribution < 1.29 is 42.8 Å². The topological polar surface area (TPSA) is 110 Å². The monoisotopic (exact) mass is 1230 g/mol. The molecule has 516 valence electrons. The first-order valence-corrected chi connectivity index (χ1v) is 37.2. The number of carbonyl (C=O) groups is 3. The number of rotatable bonds is 27. The van der Waals surface area contributed by atoms with Gasteiger partial charge in [0.2, 0.25) is 0 Å².